The molecular weight excluding hydrogens is 298 g/mol. The molecule has 0 saturated heterocycles. The van der Waals surface area contributed by atoms with Crippen molar-refractivity contribution in [2.45, 2.75) is 6.54 Å². The van der Waals surface area contributed by atoms with Gasteiger partial charge in [-0.3, -0.25) is 9.59 Å². The summed E-state index contributed by atoms with van der Waals surface area (Å²) < 4.78 is 1.01. The van der Waals surface area contributed by atoms with Gasteiger partial charge in [-0.2, -0.15) is 5.26 Å². The van der Waals surface area contributed by atoms with Gasteiger partial charge in [-0.1, -0.05) is 16.8 Å². The van der Waals surface area contributed by atoms with Gasteiger partial charge >= 0.3 is 5.97 Å². The number of carbonyl (C=O) groups excluding carboxylic acids is 1. The zero-order chi connectivity index (χ0) is 15.4. The van der Waals surface area contributed by atoms with Gasteiger partial charge < -0.3 is 10.4 Å². The number of aromatic nitrogens is 3. The Hall–Kier alpha value is -2.92. The fourth-order valence-electron chi connectivity index (χ4n) is 1.52. The van der Waals surface area contributed by atoms with Crippen LogP contribution in [0.3, 0.4) is 0 Å². The highest BCUT2D eigenvalue weighted by Gasteiger charge is 2.14. The average Bonchev–Trinajstić information content (AvgIpc) is 2.86. The van der Waals surface area contributed by atoms with E-state index >= 15 is 0 Å². The molecule has 21 heavy (non-hydrogen) atoms. The number of nitrogens with zero attached hydrogens (tertiary/aromatic N) is 4. The van der Waals surface area contributed by atoms with Crippen LogP contribution in [0.5, 0.6) is 0 Å². The second kappa shape index (κ2) is 6.02. The number of amides is 1. The summed E-state index contributed by atoms with van der Waals surface area (Å²) in [6, 6.07) is 6.35. The first-order chi connectivity index (χ1) is 9.99. The lowest BCUT2D eigenvalue weighted by Crippen LogP contribution is -2.13. The van der Waals surface area contributed by atoms with Gasteiger partial charge in [0.1, 0.15) is 12.6 Å². The molecule has 0 bridgehead atoms. The molecule has 0 fully saturated rings. The van der Waals surface area contributed by atoms with E-state index in [2.05, 4.69) is 15.6 Å². The van der Waals surface area contributed by atoms with E-state index in [0.717, 1.165) is 4.68 Å². The number of carboxylic acid groups (broad SMARTS) is 1. The maximum atomic E-state index is 12.0. The molecule has 1 heterocycles. The highest BCUT2D eigenvalue weighted by atomic mass is 35.5. The lowest BCUT2D eigenvalue weighted by molar-refractivity contribution is -0.137. The second-order valence-corrected chi connectivity index (χ2v) is 4.39. The van der Waals surface area contributed by atoms with E-state index in [1.165, 1.54) is 24.4 Å². The molecule has 9 heteroatoms. The van der Waals surface area contributed by atoms with E-state index in [0.29, 0.717) is 5.02 Å². The van der Waals surface area contributed by atoms with Gasteiger partial charge in [0.2, 0.25) is 0 Å². The van der Waals surface area contributed by atoms with Gasteiger partial charge in [0.15, 0.2) is 5.69 Å². The standard InChI is InChI=1S/C12H8ClN5O3/c13-8-2-1-7(4-14)9(3-8)15-12(21)10-5-18(17-16-10)6-11(19)20/h1-3,5H,6H2,(H,15,21)(H,19,20). The van der Waals surface area contributed by atoms with Crippen LogP contribution in [0, 0.1) is 11.3 Å². The van der Waals surface area contributed by atoms with E-state index in [-0.39, 0.29) is 16.9 Å². The molecule has 2 aromatic rings. The van der Waals surface area contributed by atoms with Crippen LogP contribution < -0.4 is 5.32 Å². The van der Waals surface area contributed by atoms with Crippen LogP contribution in [0.2, 0.25) is 5.02 Å². The summed E-state index contributed by atoms with van der Waals surface area (Å²) in [5, 5.41) is 27.5. The van der Waals surface area contributed by atoms with Crippen LogP contribution in [-0.2, 0) is 11.3 Å². The van der Waals surface area contributed by atoms with E-state index in [1.54, 1.807) is 0 Å². The Morgan fingerprint density at radius 2 is 2.24 bits per heavy atom. The number of nitrogens with one attached hydrogen (secondary N) is 1. The number of aliphatic carboxylic acids is 1. The van der Waals surface area contributed by atoms with Gasteiger partial charge in [-0.15, -0.1) is 5.10 Å². The summed E-state index contributed by atoms with van der Waals surface area (Å²) in [5.41, 5.74) is 0.411. The molecule has 1 aromatic heterocycles. The lowest BCUT2D eigenvalue weighted by atomic mass is 10.2. The summed E-state index contributed by atoms with van der Waals surface area (Å²) in [7, 11) is 0. The molecule has 2 N–H and O–H groups in total. The van der Waals surface area contributed by atoms with E-state index in [1.807, 2.05) is 6.07 Å². The normalized spacial score (nSPS) is 9.90. The molecule has 0 saturated carbocycles. The van der Waals surface area contributed by atoms with Crippen LogP contribution >= 0.6 is 11.6 Å². The molecule has 1 amide bonds. The highest BCUT2D eigenvalue weighted by molar-refractivity contribution is 6.31. The van der Waals surface area contributed by atoms with Crippen molar-refractivity contribution in [3.05, 3.63) is 40.7 Å². The van der Waals surface area contributed by atoms with Gasteiger partial charge in [0.25, 0.3) is 5.91 Å². The first kappa shape index (κ1) is 14.5. The fraction of sp³-hybridized carbons (Fsp3) is 0.0833. The Labute approximate surface area is 123 Å². The summed E-state index contributed by atoms with van der Waals surface area (Å²) in [4.78, 5) is 22.5. The molecule has 2 rings (SSSR count). The van der Waals surface area contributed by atoms with Gasteiger partial charge in [0, 0.05) is 5.02 Å². The van der Waals surface area contributed by atoms with Crippen molar-refractivity contribution in [1.29, 1.82) is 5.26 Å². The third-order valence-electron chi connectivity index (χ3n) is 2.42. The Morgan fingerprint density at radius 1 is 1.48 bits per heavy atom. The SMILES string of the molecule is N#Cc1ccc(Cl)cc1NC(=O)c1cn(CC(=O)O)nn1. The fourth-order valence-corrected chi connectivity index (χ4v) is 1.69. The quantitative estimate of drug-likeness (QED) is 0.873. The Morgan fingerprint density at radius 3 is 2.90 bits per heavy atom. The molecule has 0 aliphatic rings. The van der Waals surface area contributed by atoms with Gasteiger partial charge in [-0.05, 0) is 18.2 Å². The maximum absolute atomic E-state index is 12.0. The number of hydrogen-bond donors (Lipinski definition) is 2. The van der Waals surface area contributed by atoms with Crippen molar-refractivity contribution in [3.63, 3.8) is 0 Å². The van der Waals surface area contributed by atoms with E-state index in [9.17, 15) is 9.59 Å². The number of rotatable bonds is 4. The third-order valence-corrected chi connectivity index (χ3v) is 2.65. The monoisotopic (exact) mass is 305 g/mol. The summed E-state index contributed by atoms with van der Waals surface area (Å²) >= 11 is 5.81. The van der Waals surface area contributed by atoms with Crippen molar-refractivity contribution in [1.82, 2.24) is 15.0 Å². The van der Waals surface area contributed by atoms with Crippen LogP contribution in [0.25, 0.3) is 0 Å². The number of anilines is 1. The van der Waals surface area contributed by atoms with Crippen LogP contribution in [0.15, 0.2) is 24.4 Å². The van der Waals surface area contributed by atoms with Gasteiger partial charge in [-0.25, -0.2) is 4.68 Å². The number of carbonyl (C=O) groups is 2. The maximum Gasteiger partial charge on any atom is 0.325 e. The third kappa shape index (κ3) is 3.55. The smallest absolute Gasteiger partial charge is 0.325 e. The number of carboxylic acids is 1. The number of halogens is 1. The van der Waals surface area contributed by atoms with Gasteiger partial charge in [0.05, 0.1) is 17.4 Å². The predicted octanol–water partition coefficient (Wildman–Crippen LogP) is 1.14. The molecule has 0 unspecified atom stereocenters. The first-order valence-electron chi connectivity index (χ1n) is 5.62. The summed E-state index contributed by atoms with van der Waals surface area (Å²) in [6.07, 6.45) is 1.19. The molecule has 0 aliphatic heterocycles. The first-order valence-corrected chi connectivity index (χ1v) is 6.00. The molecule has 0 atom stereocenters. The van der Waals surface area contributed by atoms with Crippen LogP contribution in [0.4, 0.5) is 5.69 Å². The molecule has 106 valence electrons. The average molecular weight is 306 g/mol. The number of benzene rings is 1. The molecule has 1 aromatic carbocycles. The Bertz CT molecular complexity index is 750. The van der Waals surface area contributed by atoms with Crippen molar-refractivity contribution >= 4 is 29.2 Å². The van der Waals surface area contributed by atoms with E-state index < -0.39 is 18.4 Å². The summed E-state index contributed by atoms with van der Waals surface area (Å²) in [5.74, 6) is -1.72. The van der Waals surface area contributed by atoms with Crippen molar-refractivity contribution in [2.24, 2.45) is 0 Å². The minimum atomic E-state index is -1.10. The van der Waals surface area contributed by atoms with Crippen molar-refractivity contribution in [3.8, 4) is 6.07 Å². The molecule has 0 spiro atoms. The number of hydrogen-bond acceptors (Lipinski definition) is 5. The minimum absolute atomic E-state index is 0.0693. The highest BCUT2D eigenvalue weighted by Crippen LogP contribution is 2.20. The van der Waals surface area contributed by atoms with E-state index in [4.69, 9.17) is 22.0 Å². The molecular formula is C12H8ClN5O3. The summed E-state index contributed by atoms with van der Waals surface area (Å²) in [6.45, 7) is -0.402. The van der Waals surface area contributed by atoms with Crippen LogP contribution in [0.1, 0.15) is 16.1 Å². The molecule has 8 nitrogen and oxygen atoms in total. The van der Waals surface area contributed by atoms with Crippen molar-refractivity contribution < 1.29 is 14.7 Å². The Kier molecular flexibility index (Phi) is 4.15. The topological polar surface area (TPSA) is 121 Å². The zero-order valence-electron chi connectivity index (χ0n) is 10.4. The zero-order valence-corrected chi connectivity index (χ0v) is 11.2. The molecule has 0 aliphatic carbocycles. The molecule has 0 radical (unpaired) electrons. The Balaban J connectivity index is 2.18. The largest absolute Gasteiger partial charge is 0.480 e. The number of nitriles is 1. The van der Waals surface area contributed by atoms with Crippen LogP contribution in [-0.4, -0.2) is 32.0 Å². The minimum Gasteiger partial charge on any atom is -0.480 e. The predicted molar refractivity (Wildman–Crippen MR) is 71.8 cm³/mol. The second-order valence-electron chi connectivity index (χ2n) is 3.95. The lowest BCUT2D eigenvalue weighted by Gasteiger charge is -2.05. The van der Waals surface area contributed by atoms with Crippen molar-refractivity contribution in [2.75, 3.05) is 5.32 Å².